The van der Waals surface area contributed by atoms with E-state index >= 15 is 0 Å². The number of rotatable bonds is 4. The molecule has 1 heterocycles. The molecule has 0 aliphatic heterocycles. The van der Waals surface area contributed by atoms with Crippen molar-refractivity contribution in [3.8, 4) is 5.75 Å². The molecular formula is C17H24N2O3. The number of aryl methyl sites for hydroxylation is 1. The first kappa shape index (κ1) is 16.2. The highest BCUT2D eigenvalue weighted by Gasteiger charge is 2.16. The third kappa shape index (κ3) is 3.72. The number of carbonyl (C=O) groups excluding carboxylic acids is 1. The number of benzene rings is 1. The summed E-state index contributed by atoms with van der Waals surface area (Å²) in [7, 11) is 3.67. The van der Waals surface area contributed by atoms with Gasteiger partial charge in [-0.2, -0.15) is 0 Å². The van der Waals surface area contributed by atoms with Gasteiger partial charge in [0.15, 0.2) is 0 Å². The number of hydrogen-bond acceptors (Lipinski definition) is 3. The van der Waals surface area contributed by atoms with Crippen LogP contribution < -0.4 is 10.1 Å². The van der Waals surface area contributed by atoms with E-state index in [1.165, 1.54) is 0 Å². The summed E-state index contributed by atoms with van der Waals surface area (Å²) in [6.07, 6.45) is 2.31. The van der Waals surface area contributed by atoms with Gasteiger partial charge in [0.1, 0.15) is 11.4 Å². The summed E-state index contributed by atoms with van der Waals surface area (Å²) in [5, 5.41) is 3.93. The molecule has 0 aliphatic carbocycles. The maximum absolute atomic E-state index is 11.7. The molecule has 0 saturated carbocycles. The zero-order valence-corrected chi connectivity index (χ0v) is 13.9. The average Bonchev–Trinajstić information content (AvgIpc) is 2.79. The van der Waals surface area contributed by atoms with Crippen LogP contribution in [0.2, 0.25) is 0 Å². The zero-order chi connectivity index (χ0) is 16.3. The molecule has 1 amide bonds. The van der Waals surface area contributed by atoms with E-state index in [0.29, 0.717) is 13.0 Å². The molecule has 1 N–H and O–H groups in total. The van der Waals surface area contributed by atoms with Crippen LogP contribution in [-0.4, -0.2) is 29.9 Å². The van der Waals surface area contributed by atoms with Gasteiger partial charge in [0, 0.05) is 36.3 Å². The van der Waals surface area contributed by atoms with E-state index < -0.39 is 11.7 Å². The van der Waals surface area contributed by atoms with E-state index in [2.05, 4.69) is 16.0 Å². The average molecular weight is 304 g/mol. The largest absolute Gasteiger partial charge is 0.496 e. The minimum Gasteiger partial charge on any atom is -0.496 e. The molecule has 1 aromatic heterocycles. The second kappa shape index (κ2) is 6.30. The molecule has 0 bridgehead atoms. The monoisotopic (exact) mass is 304 g/mol. The van der Waals surface area contributed by atoms with Crippen LogP contribution in [0.4, 0.5) is 4.79 Å². The second-order valence-corrected chi connectivity index (χ2v) is 6.28. The van der Waals surface area contributed by atoms with E-state index in [9.17, 15) is 4.79 Å². The van der Waals surface area contributed by atoms with Crippen LogP contribution in [0.3, 0.4) is 0 Å². The first-order chi connectivity index (χ1) is 10.3. The fourth-order valence-electron chi connectivity index (χ4n) is 2.45. The van der Waals surface area contributed by atoms with Crippen molar-refractivity contribution < 1.29 is 14.3 Å². The molecule has 5 nitrogen and oxygen atoms in total. The molecule has 1 aromatic carbocycles. The number of nitrogens with one attached hydrogen (secondary N) is 1. The normalized spacial score (nSPS) is 11.5. The van der Waals surface area contributed by atoms with Gasteiger partial charge in [0.25, 0.3) is 0 Å². The van der Waals surface area contributed by atoms with Crippen molar-refractivity contribution in [2.75, 3.05) is 13.7 Å². The molecule has 2 aromatic rings. The molecule has 0 spiro atoms. The molecular weight excluding hydrogens is 280 g/mol. The summed E-state index contributed by atoms with van der Waals surface area (Å²) in [6.45, 7) is 6.04. The van der Waals surface area contributed by atoms with Crippen LogP contribution in [0, 0.1) is 0 Å². The van der Waals surface area contributed by atoms with Gasteiger partial charge < -0.3 is 19.4 Å². The molecule has 0 unspecified atom stereocenters. The van der Waals surface area contributed by atoms with Gasteiger partial charge in [0.05, 0.1) is 7.11 Å². The number of hydrogen-bond donors (Lipinski definition) is 1. The predicted molar refractivity (Wildman–Crippen MR) is 87.4 cm³/mol. The number of fused-ring (bicyclic) bond motifs is 1. The highest BCUT2D eigenvalue weighted by Crippen LogP contribution is 2.28. The van der Waals surface area contributed by atoms with Crippen LogP contribution in [0.5, 0.6) is 5.75 Å². The van der Waals surface area contributed by atoms with Crippen LogP contribution >= 0.6 is 0 Å². The molecule has 0 radical (unpaired) electrons. The van der Waals surface area contributed by atoms with Gasteiger partial charge in [-0.3, -0.25) is 0 Å². The Kier molecular flexibility index (Phi) is 4.64. The first-order valence-electron chi connectivity index (χ1n) is 7.39. The van der Waals surface area contributed by atoms with Gasteiger partial charge in [-0.05, 0) is 45.4 Å². The van der Waals surface area contributed by atoms with Crippen LogP contribution in [-0.2, 0) is 18.2 Å². The number of ether oxygens (including phenoxy) is 2. The smallest absolute Gasteiger partial charge is 0.407 e. The first-order valence-corrected chi connectivity index (χ1v) is 7.39. The Labute approximate surface area is 131 Å². The number of aromatic nitrogens is 1. The Morgan fingerprint density at radius 1 is 1.27 bits per heavy atom. The third-order valence-electron chi connectivity index (χ3n) is 3.40. The summed E-state index contributed by atoms with van der Waals surface area (Å²) in [4.78, 5) is 11.7. The van der Waals surface area contributed by atoms with Crippen molar-refractivity contribution in [3.63, 3.8) is 0 Å². The van der Waals surface area contributed by atoms with Crippen molar-refractivity contribution in [2.24, 2.45) is 7.05 Å². The SMILES string of the molecule is COc1ccc2c(ccn2C)c1CCNC(=O)OC(C)(C)C. The van der Waals surface area contributed by atoms with Gasteiger partial charge in [-0.25, -0.2) is 4.79 Å². The van der Waals surface area contributed by atoms with Gasteiger partial charge >= 0.3 is 6.09 Å². The lowest BCUT2D eigenvalue weighted by atomic mass is 10.1. The molecule has 0 aliphatic rings. The standard InChI is InChI=1S/C17H24N2O3/c1-17(2,3)22-16(20)18-10-8-13-12-9-11-19(4)14(12)6-7-15(13)21-5/h6-7,9,11H,8,10H2,1-5H3,(H,18,20). The van der Waals surface area contributed by atoms with Gasteiger partial charge in [0.2, 0.25) is 0 Å². The summed E-state index contributed by atoms with van der Waals surface area (Å²) in [5.41, 5.74) is 1.76. The molecule has 0 atom stereocenters. The quantitative estimate of drug-likeness (QED) is 0.943. The van der Waals surface area contributed by atoms with Crippen molar-refractivity contribution in [1.82, 2.24) is 9.88 Å². The molecule has 5 heteroatoms. The molecule has 0 saturated heterocycles. The fraction of sp³-hybridized carbons (Fsp3) is 0.471. The Hall–Kier alpha value is -2.17. The van der Waals surface area contributed by atoms with E-state index in [-0.39, 0.29) is 0 Å². The summed E-state index contributed by atoms with van der Waals surface area (Å²) < 4.78 is 12.8. The van der Waals surface area contributed by atoms with E-state index in [0.717, 1.165) is 22.2 Å². The summed E-state index contributed by atoms with van der Waals surface area (Å²) in [6, 6.07) is 6.07. The van der Waals surface area contributed by atoms with Crippen molar-refractivity contribution in [1.29, 1.82) is 0 Å². The Morgan fingerprint density at radius 2 is 2.00 bits per heavy atom. The minimum atomic E-state index is -0.485. The van der Waals surface area contributed by atoms with E-state index in [1.807, 2.05) is 46.1 Å². The Balaban J connectivity index is 2.09. The molecule has 2 rings (SSSR count). The van der Waals surface area contributed by atoms with Crippen molar-refractivity contribution in [3.05, 3.63) is 30.0 Å². The zero-order valence-electron chi connectivity index (χ0n) is 13.9. The number of nitrogens with zero attached hydrogens (tertiary/aromatic N) is 1. The summed E-state index contributed by atoms with van der Waals surface area (Å²) in [5.74, 6) is 0.838. The summed E-state index contributed by atoms with van der Waals surface area (Å²) >= 11 is 0. The molecule has 120 valence electrons. The minimum absolute atomic E-state index is 0.397. The predicted octanol–water partition coefficient (Wildman–Crippen LogP) is 3.25. The Morgan fingerprint density at radius 3 is 2.64 bits per heavy atom. The number of carbonyl (C=O) groups is 1. The van der Waals surface area contributed by atoms with Gasteiger partial charge in [-0.1, -0.05) is 0 Å². The fourth-order valence-corrected chi connectivity index (χ4v) is 2.45. The highest BCUT2D eigenvalue weighted by atomic mass is 16.6. The van der Waals surface area contributed by atoms with Crippen LogP contribution in [0.15, 0.2) is 24.4 Å². The van der Waals surface area contributed by atoms with Gasteiger partial charge in [-0.15, -0.1) is 0 Å². The second-order valence-electron chi connectivity index (χ2n) is 6.28. The maximum Gasteiger partial charge on any atom is 0.407 e. The lowest BCUT2D eigenvalue weighted by Crippen LogP contribution is -2.33. The number of alkyl carbamates (subject to hydrolysis) is 1. The third-order valence-corrected chi connectivity index (χ3v) is 3.40. The van der Waals surface area contributed by atoms with E-state index in [4.69, 9.17) is 9.47 Å². The lowest BCUT2D eigenvalue weighted by Gasteiger charge is -2.19. The lowest BCUT2D eigenvalue weighted by molar-refractivity contribution is 0.0528. The Bertz CT molecular complexity index is 668. The molecule has 22 heavy (non-hydrogen) atoms. The van der Waals surface area contributed by atoms with Crippen LogP contribution in [0.1, 0.15) is 26.3 Å². The molecule has 0 fully saturated rings. The van der Waals surface area contributed by atoms with E-state index in [1.54, 1.807) is 7.11 Å². The number of amides is 1. The topological polar surface area (TPSA) is 52.5 Å². The van der Waals surface area contributed by atoms with Crippen molar-refractivity contribution in [2.45, 2.75) is 32.8 Å². The van der Waals surface area contributed by atoms with Crippen LogP contribution in [0.25, 0.3) is 10.9 Å². The highest BCUT2D eigenvalue weighted by molar-refractivity contribution is 5.86. The van der Waals surface area contributed by atoms with Crippen molar-refractivity contribution >= 4 is 17.0 Å². The number of methoxy groups -OCH3 is 1. The maximum atomic E-state index is 11.7.